The maximum atomic E-state index is 5.49. The van der Waals surface area contributed by atoms with Gasteiger partial charge in [0.2, 0.25) is 0 Å². The number of rotatable bonds is 6. The lowest BCUT2D eigenvalue weighted by atomic mass is 10.3. The van der Waals surface area contributed by atoms with Gasteiger partial charge >= 0.3 is 0 Å². The van der Waals surface area contributed by atoms with Gasteiger partial charge in [-0.1, -0.05) is 45.2 Å². The molecular weight excluding hydrogens is 260 g/mol. The van der Waals surface area contributed by atoms with Crippen LogP contribution in [0.4, 0.5) is 0 Å². The van der Waals surface area contributed by atoms with Gasteiger partial charge in [-0.05, 0) is 6.42 Å². The number of halogens is 2. The summed E-state index contributed by atoms with van der Waals surface area (Å²) in [5.74, 6) is 0. The van der Waals surface area contributed by atoms with Gasteiger partial charge < -0.3 is 4.74 Å². The first kappa shape index (κ1) is 10.9. The molecule has 0 aliphatic carbocycles. The zero-order valence-electron chi connectivity index (χ0n) is 6.28. The third-order valence-corrected chi connectivity index (χ3v) is 2.64. The zero-order valence-corrected chi connectivity index (χ0v) is 9.45. The molecule has 0 bridgehead atoms. The van der Waals surface area contributed by atoms with Crippen LogP contribution in [0.2, 0.25) is 0 Å². The van der Waals surface area contributed by atoms with Crippen LogP contribution in [0.15, 0.2) is 0 Å². The van der Waals surface area contributed by atoms with Crippen LogP contribution >= 0.6 is 31.9 Å². The number of alkyl halides is 2. The molecule has 0 aromatic carbocycles. The van der Waals surface area contributed by atoms with E-state index in [9.17, 15) is 0 Å². The summed E-state index contributed by atoms with van der Waals surface area (Å²) >= 11 is 6.75. The molecule has 0 saturated carbocycles. The number of hydrogen-bond donors (Lipinski definition) is 0. The average molecular weight is 274 g/mol. The second kappa shape index (κ2) is 8.02. The van der Waals surface area contributed by atoms with E-state index in [2.05, 4.69) is 38.8 Å². The van der Waals surface area contributed by atoms with E-state index in [0.29, 0.717) is 6.10 Å². The fraction of sp³-hybridized carbons (Fsp3) is 1.00. The molecule has 62 valence electrons. The standard InChI is InChI=1S/C7H14Br2O/c1-2-3-4-10-7(5-8)6-9/h7H,2-6H2,1H3. The Kier molecular flexibility index (Phi) is 8.76. The van der Waals surface area contributed by atoms with Crippen LogP contribution < -0.4 is 0 Å². The minimum absolute atomic E-state index is 0.339. The third-order valence-electron chi connectivity index (χ3n) is 1.20. The van der Waals surface area contributed by atoms with Crippen LogP contribution in [0.3, 0.4) is 0 Å². The van der Waals surface area contributed by atoms with Gasteiger partial charge in [-0.15, -0.1) is 0 Å². The van der Waals surface area contributed by atoms with Crippen molar-refractivity contribution in [3.8, 4) is 0 Å². The van der Waals surface area contributed by atoms with Crippen LogP contribution in [0.1, 0.15) is 19.8 Å². The first-order chi connectivity index (χ1) is 4.85. The van der Waals surface area contributed by atoms with Crippen LogP contribution in [0.25, 0.3) is 0 Å². The zero-order chi connectivity index (χ0) is 7.82. The van der Waals surface area contributed by atoms with E-state index in [1.165, 1.54) is 6.42 Å². The average Bonchev–Trinajstić information content (AvgIpc) is 1.99. The highest BCUT2D eigenvalue weighted by Crippen LogP contribution is 2.02. The van der Waals surface area contributed by atoms with Gasteiger partial charge in [-0.2, -0.15) is 0 Å². The highest BCUT2D eigenvalue weighted by molar-refractivity contribution is 9.09. The molecule has 0 heterocycles. The van der Waals surface area contributed by atoms with E-state index in [1.807, 2.05) is 0 Å². The van der Waals surface area contributed by atoms with Crippen molar-refractivity contribution in [2.45, 2.75) is 25.9 Å². The summed E-state index contributed by atoms with van der Waals surface area (Å²) in [6, 6.07) is 0. The van der Waals surface area contributed by atoms with E-state index in [-0.39, 0.29) is 0 Å². The summed E-state index contributed by atoms with van der Waals surface area (Å²) in [5, 5.41) is 1.84. The van der Waals surface area contributed by atoms with Gasteiger partial charge in [0.25, 0.3) is 0 Å². The topological polar surface area (TPSA) is 9.23 Å². The first-order valence-corrected chi connectivity index (χ1v) is 5.83. The predicted molar refractivity (Wildman–Crippen MR) is 52.2 cm³/mol. The summed E-state index contributed by atoms with van der Waals surface area (Å²) in [5.41, 5.74) is 0. The van der Waals surface area contributed by atoms with Crippen molar-refractivity contribution >= 4 is 31.9 Å². The molecule has 10 heavy (non-hydrogen) atoms. The maximum Gasteiger partial charge on any atom is 0.0768 e. The lowest BCUT2D eigenvalue weighted by molar-refractivity contribution is 0.0843. The first-order valence-electron chi connectivity index (χ1n) is 3.58. The Morgan fingerprint density at radius 1 is 1.30 bits per heavy atom. The minimum atomic E-state index is 0.339. The number of ether oxygens (including phenoxy) is 1. The Labute approximate surface area is 79.8 Å². The van der Waals surface area contributed by atoms with Gasteiger partial charge in [-0.3, -0.25) is 0 Å². The Morgan fingerprint density at radius 3 is 2.30 bits per heavy atom. The molecule has 0 spiro atoms. The lowest BCUT2D eigenvalue weighted by Gasteiger charge is -2.10. The fourth-order valence-electron chi connectivity index (χ4n) is 0.525. The van der Waals surface area contributed by atoms with E-state index < -0.39 is 0 Å². The number of hydrogen-bond acceptors (Lipinski definition) is 1. The predicted octanol–water partition coefficient (Wildman–Crippen LogP) is 2.96. The molecule has 0 saturated heterocycles. The largest absolute Gasteiger partial charge is 0.376 e. The second-order valence-electron chi connectivity index (χ2n) is 2.15. The molecular formula is C7H14Br2O. The van der Waals surface area contributed by atoms with Crippen molar-refractivity contribution in [3.63, 3.8) is 0 Å². The fourth-order valence-corrected chi connectivity index (χ4v) is 1.97. The molecule has 0 aliphatic heterocycles. The van der Waals surface area contributed by atoms with Gasteiger partial charge in [0.15, 0.2) is 0 Å². The molecule has 0 aromatic rings. The summed E-state index contributed by atoms with van der Waals surface area (Å²) in [6.07, 6.45) is 2.71. The molecule has 3 heteroatoms. The number of unbranched alkanes of at least 4 members (excludes halogenated alkanes) is 1. The van der Waals surface area contributed by atoms with Gasteiger partial charge in [0.1, 0.15) is 0 Å². The summed E-state index contributed by atoms with van der Waals surface area (Å²) in [6.45, 7) is 3.05. The summed E-state index contributed by atoms with van der Waals surface area (Å²) in [7, 11) is 0. The van der Waals surface area contributed by atoms with Crippen LogP contribution in [-0.2, 0) is 4.74 Å². The summed E-state index contributed by atoms with van der Waals surface area (Å²) in [4.78, 5) is 0. The second-order valence-corrected chi connectivity index (χ2v) is 3.45. The molecule has 0 aromatic heterocycles. The highest BCUT2D eigenvalue weighted by atomic mass is 79.9. The Morgan fingerprint density at radius 2 is 1.90 bits per heavy atom. The third kappa shape index (κ3) is 5.69. The van der Waals surface area contributed by atoms with Crippen molar-refractivity contribution in [1.82, 2.24) is 0 Å². The van der Waals surface area contributed by atoms with Crippen molar-refractivity contribution in [1.29, 1.82) is 0 Å². The molecule has 0 atom stereocenters. The molecule has 0 aliphatic rings. The summed E-state index contributed by atoms with van der Waals surface area (Å²) < 4.78 is 5.49. The Hall–Kier alpha value is 0.920. The van der Waals surface area contributed by atoms with Crippen molar-refractivity contribution < 1.29 is 4.74 Å². The molecule has 0 radical (unpaired) electrons. The van der Waals surface area contributed by atoms with Crippen LogP contribution in [0, 0.1) is 0 Å². The quantitative estimate of drug-likeness (QED) is 0.534. The maximum absolute atomic E-state index is 5.49. The van der Waals surface area contributed by atoms with Crippen LogP contribution in [-0.4, -0.2) is 23.4 Å². The van der Waals surface area contributed by atoms with Crippen molar-refractivity contribution in [3.05, 3.63) is 0 Å². The van der Waals surface area contributed by atoms with Gasteiger partial charge in [0.05, 0.1) is 6.10 Å². The van der Waals surface area contributed by atoms with E-state index in [4.69, 9.17) is 4.74 Å². The SMILES string of the molecule is CCCCOC(CBr)CBr. The highest BCUT2D eigenvalue weighted by Gasteiger charge is 2.02. The lowest BCUT2D eigenvalue weighted by Crippen LogP contribution is -2.16. The Bertz CT molecular complexity index is 64.6. The van der Waals surface area contributed by atoms with Gasteiger partial charge in [-0.25, -0.2) is 0 Å². The molecule has 0 rings (SSSR count). The van der Waals surface area contributed by atoms with E-state index in [0.717, 1.165) is 23.7 Å². The van der Waals surface area contributed by atoms with E-state index in [1.54, 1.807) is 0 Å². The van der Waals surface area contributed by atoms with Crippen molar-refractivity contribution in [2.75, 3.05) is 17.3 Å². The molecule has 0 unspecified atom stereocenters. The molecule has 0 fully saturated rings. The smallest absolute Gasteiger partial charge is 0.0768 e. The molecule has 1 nitrogen and oxygen atoms in total. The normalized spacial score (nSPS) is 10.8. The minimum Gasteiger partial charge on any atom is -0.376 e. The van der Waals surface area contributed by atoms with Gasteiger partial charge in [0, 0.05) is 17.3 Å². The van der Waals surface area contributed by atoms with Crippen LogP contribution in [0.5, 0.6) is 0 Å². The molecule has 0 N–H and O–H groups in total. The van der Waals surface area contributed by atoms with Crippen molar-refractivity contribution in [2.24, 2.45) is 0 Å². The monoisotopic (exact) mass is 272 g/mol. The molecule has 0 amide bonds. The Balaban J connectivity index is 3.09. The van der Waals surface area contributed by atoms with E-state index >= 15 is 0 Å².